The van der Waals surface area contributed by atoms with Gasteiger partial charge in [-0.25, -0.2) is 4.98 Å². The van der Waals surface area contributed by atoms with Gasteiger partial charge in [-0.3, -0.25) is 4.79 Å². The summed E-state index contributed by atoms with van der Waals surface area (Å²) in [6.07, 6.45) is 1.06. The molecule has 1 N–H and O–H groups in total. The first-order chi connectivity index (χ1) is 14.9. The van der Waals surface area contributed by atoms with E-state index in [9.17, 15) is 4.79 Å². The van der Waals surface area contributed by atoms with E-state index in [2.05, 4.69) is 52.7 Å². The highest BCUT2D eigenvalue weighted by Crippen LogP contribution is 2.20. The van der Waals surface area contributed by atoms with Crippen molar-refractivity contribution < 1.29 is 9.53 Å². The van der Waals surface area contributed by atoms with Gasteiger partial charge in [0.1, 0.15) is 5.82 Å². The van der Waals surface area contributed by atoms with Crippen LogP contribution in [0.3, 0.4) is 0 Å². The predicted molar refractivity (Wildman–Crippen MR) is 127 cm³/mol. The number of ether oxygens (including phenoxy) is 1. The Morgan fingerprint density at radius 3 is 2.55 bits per heavy atom. The summed E-state index contributed by atoms with van der Waals surface area (Å²) in [5.74, 6) is 0.779. The van der Waals surface area contributed by atoms with Crippen molar-refractivity contribution >= 4 is 28.3 Å². The van der Waals surface area contributed by atoms with Crippen molar-refractivity contribution in [2.24, 2.45) is 0 Å². The summed E-state index contributed by atoms with van der Waals surface area (Å²) < 4.78 is 9.77. The Bertz CT molecular complexity index is 1000. The largest absolute Gasteiger partial charge is 0.383 e. The molecule has 6 nitrogen and oxygen atoms in total. The number of nitrogens with zero attached hydrogens (tertiary/aromatic N) is 3. The zero-order valence-corrected chi connectivity index (χ0v) is 19.5. The van der Waals surface area contributed by atoms with Gasteiger partial charge in [0.15, 0.2) is 0 Å². The lowest BCUT2D eigenvalue weighted by atomic mass is 10.1. The van der Waals surface area contributed by atoms with E-state index in [0.29, 0.717) is 32.5 Å². The third-order valence-electron chi connectivity index (χ3n) is 5.18. The molecule has 0 bridgehead atoms. The summed E-state index contributed by atoms with van der Waals surface area (Å²) in [6, 6.07) is 14.4. The monoisotopic (exact) mass is 438 g/mol. The highest BCUT2D eigenvalue weighted by molar-refractivity contribution is 7.09. The fourth-order valence-electron chi connectivity index (χ4n) is 3.12. The number of carbonyl (C=O) groups excluding carboxylic acids is 1. The zero-order valence-electron chi connectivity index (χ0n) is 18.6. The third kappa shape index (κ3) is 6.87. The molecule has 1 heterocycles. The van der Waals surface area contributed by atoms with E-state index < -0.39 is 0 Å². The fraction of sp³-hybridized carbons (Fsp3) is 0.375. The number of nitrogens with one attached hydrogen (secondary N) is 1. The molecule has 31 heavy (non-hydrogen) atoms. The molecule has 0 spiro atoms. The summed E-state index contributed by atoms with van der Waals surface area (Å²) in [5, 5.41) is 3.80. The number of carbonyl (C=O) groups is 1. The van der Waals surface area contributed by atoms with Crippen LogP contribution in [0.2, 0.25) is 0 Å². The van der Waals surface area contributed by atoms with Gasteiger partial charge in [0.05, 0.1) is 6.61 Å². The molecule has 1 aromatic heterocycles. The Morgan fingerprint density at radius 2 is 1.84 bits per heavy atom. The Kier molecular flexibility index (Phi) is 8.14. The summed E-state index contributed by atoms with van der Waals surface area (Å²) in [6.45, 7) is 7.95. The molecule has 7 heteroatoms. The lowest BCUT2D eigenvalue weighted by Crippen LogP contribution is -2.30. The van der Waals surface area contributed by atoms with Gasteiger partial charge >= 0.3 is 0 Å². The maximum Gasteiger partial charge on any atom is 0.226 e. The van der Waals surface area contributed by atoms with Crippen LogP contribution in [0.1, 0.15) is 34.5 Å². The topological polar surface area (TPSA) is 67.3 Å². The van der Waals surface area contributed by atoms with E-state index in [-0.39, 0.29) is 5.91 Å². The van der Waals surface area contributed by atoms with Crippen LogP contribution in [0.5, 0.6) is 0 Å². The maximum atomic E-state index is 12.5. The van der Waals surface area contributed by atoms with Crippen molar-refractivity contribution in [3.05, 3.63) is 70.5 Å². The van der Waals surface area contributed by atoms with Crippen LogP contribution in [0.15, 0.2) is 42.5 Å². The molecule has 0 aliphatic heterocycles. The van der Waals surface area contributed by atoms with E-state index in [1.165, 1.54) is 28.2 Å². The van der Waals surface area contributed by atoms with Gasteiger partial charge in [0, 0.05) is 50.3 Å². The number of benzene rings is 2. The van der Waals surface area contributed by atoms with Gasteiger partial charge in [-0.15, -0.1) is 0 Å². The van der Waals surface area contributed by atoms with Crippen LogP contribution in [0.25, 0.3) is 0 Å². The molecule has 164 valence electrons. The summed E-state index contributed by atoms with van der Waals surface area (Å²) >= 11 is 1.37. The normalized spacial score (nSPS) is 10.8. The lowest BCUT2D eigenvalue weighted by Gasteiger charge is -2.20. The van der Waals surface area contributed by atoms with Gasteiger partial charge in [-0.05, 0) is 49.6 Å². The number of hydrogen-bond donors (Lipinski definition) is 1. The second-order valence-electron chi connectivity index (χ2n) is 7.73. The quantitative estimate of drug-likeness (QED) is 0.503. The van der Waals surface area contributed by atoms with E-state index in [1.807, 2.05) is 25.1 Å². The average molecular weight is 439 g/mol. The first kappa shape index (κ1) is 22.9. The molecule has 0 saturated carbocycles. The van der Waals surface area contributed by atoms with E-state index in [1.54, 1.807) is 7.11 Å². The van der Waals surface area contributed by atoms with Crippen LogP contribution in [-0.2, 0) is 16.0 Å². The van der Waals surface area contributed by atoms with Gasteiger partial charge in [-0.2, -0.15) is 4.37 Å². The highest BCUT2D eigenvalue weighted by atomic mass is 32.1. The van der Waals surface area contributed by atoms with Gasteiger partial charge < -0.3 is 15.0 Å². The Balaban J connectivity index is 1.60. The molecule has 0 aliphatic rings. The molecular weight excluding hydrogens is 408 g/mol. The molecule has 1 amide bonds. The Hall–Kier alpha value is -2.77. The highest BCUT2D eigenvalue weighted by Gasteiger charge is 2.15. The SMILES string of the molecule is COCCN(CCC(=O)Nc1ccc(C)c(C)c1)c1nc(Cc2ccc(C)cc2)ns1. The van der Waals surface area contributed by atoms with Crippen molar-refractivity contribution in [3.8, 4) is 0 Å². The second-order valence-corrected chi connectivity index (χ2v) is 8.46. The fourth-order valence-corrected chi connectivity index (χ4v) is 3.85. The molecule has 0 radical (unpaired) electrons. The molecule has 3 aromatic rings. The van der Waals surface area contributed by atoms with Crippen LogP contribution in [-0.4, -0.2) is 42.1 Å². The number of aromatic nitrogens is 2. The van der Waals surface area contributed by atoms with Crippen molar-refractivity contribution in [1.82, 2.24) is 9.36 Å². The molecule has 0 aliphatic carbocycles. The molecule has 2 aromatic carbocycles. The minimum Gasteiger partial charge on any atom is -0.383 e. The van der Waals surface area contributed by atoms with Gasteiger partial charge in [0.25, 0.3) is 0 Å². The smallest absolute Gasteiger partial charge is 0.226 e. The third-order valence-corrected chi connectivity index (χ3v) is 5.99. The Morgan fingerprint density at radius 1 is 1.06 bits per heavy atom. The molecular formula is C24H30N4O2S. The maximum absolute atomic E-state index is 12.5. The van der Waals surface area contributed by atoms with Crippen molar-refractivity contribution in [1.29, 1.82) is 0 Å². The first-order valence-corrected chi connectivity index (χ1v) is 11.2. The van der Waals surface area contributed by atoms with Crippen molar-refractivity contribution in [2.45, 2.75) is 33.6 Å². The van der Waals surface area contributed by atoms with E-state index in [4.69, 9.17) is 9.72 Å². The predicted octanol–water partition coefficient (Wildman–Crippen LogP) is 4.54. The summed E-state index contributed by atoms with van der Waals surface area (Å²) in [5.41, 5.74) is 5.62. The standard InChI is InChI=1S/C24H30N4O2S/c1-17-5-8-20(9-6-17)16-22-26-24(31-27-22)28(13-14-30-4)12-11-23(29)25-21-10-7-18(2)19(3)15-21/h5-10,15H,11-14,16H2,1-4H3,(H,25,29). The molecule has 0 unspecified atom stereocenters. The first-order valence-electron chi connectivity index (χ1n) is 10.4. The number of amides is 1. The van der Waals surface area contributed by atoms with Crippen LogP contribution in [0.4, 0.5) is 10.8 Å². The van der Waals surface area contributed by atoms with Crippen LogP contribution >= 0.6 is 11.5 Å². The van der Waals surface area contributed by atoms with Crippen molar-refractivity contribution in [2.75, 3.05) is 37.0 Å². The Labute approximate surface area is 188 Å². The number of hydrogen-bond acceptors (Lipinski definition) is 6. The second kappa shape index (κ2) is 11.0. The molecule has 0 fully saturated rings. The molecule has 0 saturated heterocycles. The van der Waals surface area contributed by atoms with Gasteiger partial charge in [-0.1, -0.05) is 35.9 Å². The minimum absolute atomic E-state index is 0.0185. The summed E-state index contributed by atoms with van der Waals surface area (Å²) in [7, 11) is 1.67. The van der Waals surface area contributed by atoms with E-state index in [0.717, 1.165) is 22.2 Å². The van der Waals surface area contributed by atoms with Crippen LogP contribution in [0, 0.1) is 20.8 Å². The van der Waals surface area contributed by atoms with Gasteiger partial charge in [0.2, 0.25) is 11.0 Å². The average Bonchev–Trinajstić information content (AvgIpc) is 3.21. The zero-order chi connectivity index (χ0) is 22.2. The molecule has 3 rings (SSSR count). The number of rotatable bonds is 10. The molecule has 0 atom stereocenters. The minimum atomic E-state index is -0.0185. The number of aryl methyl sites for hydroxylation is 3. The lowest BCUT2D eigenvalue weighted by molar-refractivity contribution is -0.116. The number of anilines is 2. The summed E-state index contributed by atoms with van der Waals surface area (Å²) in [4.78, 5) is 19.3. The van der Waals surface area contributed by atoms with E-state index >= 15 is 0 Å². The van der Waals surface area contributed by atoms with Crippen LogP contribution < -0.4 is 10.2 Å². The number of methoxy groups -OCH3 is 1. The van der Waals surface area contributed by atoms with Crippen molar-refractivity contribution in [3.63, 3.8) is 0 Å².